The Kier molecular flexibility index (Phi) is 4.65. The van der Waals surface area contributed by atoms with Crippen LogP contribution in [0.15, 0.2) is 18.2 Å². The van der Waals surface area contributed by atoms with Gasteiger partial charge in [0.05, 0.1) is 4.92 Å². The number of primary amides is 1. The van der Waals surface area contributed by atoms with Gasteiger partial charge >= 0.3 is 0 Å². The Labute approximate surface area is 105 Å². The lowest BCUT2D eigenvalue weighted by Gasteiger charge is -2.14. The van der Waals surface area contributed by atoms with Crippen molar-refractivity contribution in [2.45, 2.75) is 32.7 Å². The number of carbonyl (C=O) groups is 1. The molecular formula is C12H17N3O3. The molecule has 0 aliphatic rings. The summed E-state index contributed by atoms with van der Waals surface area (Å²) in [4.78, 5) is 21.5. The average Bonchev–Trinajstić information content (AvgIpc) is 2.28. The van der Waals surface area contributed by atoms with Gasteiger partial charge in [0.15, 0.2) is 0 Å². The Hall–Kier alpha value is -2.11. The normalized spacial score (nSPS) is 11.9. The first-order valence-electron chi connectivity index (χ1n) is 5.80. The molecule has 0 aliphatic carbocycles. The number of nitro groups is 1. The summed E-state index contributed by atoms with van der Waals surface area (Å²) in [7, 11) is 0. The predicted molar refractivity (Wildman–Crippen MR) is 69.6 cm³/mol. The zero-order valence-corrected chi connectivity index (χ0v) is 10.5. The number of hydrogen-bond donors (Lipinski definition) is 2. The van der Waals surface area contributed by atoms with Gasteiger partial charge in [-0.1, -0.05) is 13.3 Å². The fourth-order valence-electron chi connectivity index (χ4n) is 1.73. The Morgan fingerprint density at radius 1 is 1.56 bits per heavy atom. The Balaban J connectivity index is 3.07. The van der Waals surface area contributed by atoms with Crippen molar-refractivity contribution in [2.24, 2.45) is 5.73 Å². The van der Waals surface area contributed by atoms with E-state index in [-0.39, 0.29) is 17.3 Å². The third kappa shape index (κ3) is 3.44. The Morgan fingerprint density at radius 3 is 2.72 bits per heavy atom. The van der Waals surface area contributed by atoms with E-state index < -0.39 is 10.8 Å². The lowest BCUT2D eigenvalue weighted by atomic mass is 10.1. The van der Waals surface area contributed by atoms with E-state index in [4.69, 9.17) is 5.73 Å². The van der Waals surface area contributed by atoms with E-state index in [1.807, 2.05) is 13.8 Å². The van der Waals surface area contributed by atoms with E-state index in [0.29, 0.717) is 5.69 Å². The molecule has 0 heterocycles. The number of carbonyl (C=O) groups excluding carboxylic acids is 1. The van der Waals surface area contributed by atoms with Gasteiger partial charge in [-0.2, -0.15) is 0 Å². The number of anilines is 1. The van der Waals surface area contributed by atoms with Crippen LogP contribution in [0.2, 0.25) is 0 Å². The van der Waals surface area contributed by atoms with Crippen LogP contribution in [-0.4, -0.2) is 16.9 Å². The maximum absolute atomic E-state index is 11.1. The zero-order valence-electron chi connectivity index (χ0n) is 10.5. The molecule has 0 aliphatic heterocycles. The van der Waals surface area contributed by atoms with Crippen molar-refractivity contribution in [1.29, 1.82) is 0 Å². The molecule has 0 aromatic heterocycles. The molecule has 0 radical (unpaired) electrons. The van der Waals surface area contributed by atoms with Gasteiger partial charge in [0.2, 0.25) is 5.91 Å². The first-order chi connectivity index (χ1) is 8.45. The minimum absolute atomic E-state index is 0.0528. The van der Waals surface area contributed by atoms with E-state index in [1.54, 1.807) is 0 Å². The summed E-state index contributed by atoms with van der Waals surface area (Å²) in [6.45, 7) is 3.97. The fraction of sp³-hybridized carbons (Fsp3) is 0.417. The van der Waals surface area contributed by atoms with E-state index in [1.165, 1.54) is 18.2 Å². The van der Waals surface area contributed by atoms with Crippen molar-refractivity contribution in [1.82, 2.24) is 0 Å². The van der Waals surface area contributed by atoms with Crippen LogP contribution >= 0.6 is 0 Å². The van der Waals surface area contributed by atoms with Gasteiger partial charge in [-0.05, 0) is 25.5 Å². The van der Waals surface area contributed by atoms with Crippen molar-refractivity contribution in [3.63, 3.8) is 0 Å². The largest absolute Gasteiger partial charge is 0.377 e. The third-order valence-electron chi connectivity index (χ3n) is 2.60. The average molecular weight is 251 g/mol. The van der Waals surface area contributed by atoms with Crippen molar-refractivity contribution < 1.29 is 9.72 Å². The van der Waals surface area contributed by atoms with Crippen molar-refractivity contribution in [3.8, 4) is 0 Å². The lowest BCUT2D eigenvalue weighted by molar-refractivity contribution is -0.384. The van der Waals surface area contributed by atoms with Crippen LogP contribution in [0.3, 0.4) is 0 Å². The Bertz CT molecular complexity index is 460. The van der Waals surface area contributed by atoms with Gasteiger partial charge in [-0.3, -0.25) is 14.9 Å². The molecule has 6 heteroatoms. The molecule has 0 saturated heterocycles. The molecule has 0 fully saturated rings. The minimum atomic E-state index is -0.601. The predicted octanol–water partition coefficient (Wildman–Crippen LogP) is 2.29. The summed E-state index contributed by atoms with van der Waals surface area (Å²) in [6, 6.07) is 4.17. The second-order valence-corrected chi connectivity index (χ2v) is 4.19. The number of rotatable bonds is 6. The van der Waals surface area contributed by atoms with E-state index in [0.717, 1.165) is 12.8 Å². The number of nitrogens with zero attached hydrogens (tertiary/aromatic N) is 1. The van der Waals surface area contributed by atoms with Gasteiger partial charge in [-0.25, -0.2) is 0 Å². The second-order valence-electron chi connectivity index (χ2n) is 4.19. The van der Waals surface area contributed by atoms with Crippen LogP contribution in [0.4, 0.5) is 11.4 Å². The molecule has 6 nitrogen and oxygen atoms in total. The molecule has 0 bridgehead atoms. The molecule has 18 heavy (non-hydrogen) atoms. The van der Waals surface area contributed by atoms with Gasteiger partial charge in [0, 0.05) is 17.7 Å². The highest BCUT2D eigenvalue weighted by molar-refractivity contribution is 5.94. The SMILES string of the molecule is CCCC(C)Nc1cc(C(N)=O)ccc1[N+](=O)[O-]. The van der Waals surface area contributed by atoms with Crippen LogP contribution in [0.5, 0.6) is 0 Å². The molecule has 98 valence electrons. The highest BCUT2D eigenvalue weighted by Gasteiger charge is 2.17. The molecule has 0 spiro atoms. The number of nitrogens with one attached hydrogen (secondary N) is 1. The maximum Gasteiger partial charge on any atom is 0.292 e. The number of hydrogen-bond acceptors (Lipinski definition) is 4. The van der Waals surface area contributed by atoms with Crippen LogP contribution < -0.4 is 11.1 Å². The monoisotopic (exact) mass is 251 g/mol. The van der Waals surface area contributed by atoms with Gasteiger partial charge in [0.1, 0.15) is 5.69 Å². The summed E-state index contributed by atoms with van der Waals surface area (Å²) in [5.74, 6) is -0.601. The molecular weight excluding hydrogens is 234 g/mol. The Morgan fingerprint density at radius 2 is 2.22 bits per heavy atom. The highest BCUT2D eigenvalue weighted by Crippen LogP contribution is 2.26. The molecule has 1 atom stereocenters. The smallest absolute Gasteiger partial charge is 0.292 e. The number of amides is 1. The summed E-state index contributed by atoms with van der Waals surface area (Å²) < 4.78 is 0. The molecule has 1 aromatic rings. The molecule has 3 N–H and O–H groups in total. The molecule has 1 rings (SSSR count). The lowest BCUT2D eigenvalue weighted by Crippen LogP contribution is -2.17. The maximum atomic E-state index is 11.1. The van der Waals surface area contributed by atoms with Gasteiger partial charge in [-0.15, -0.1) is 0 Å². The number of nitro benzene ring substituents is 1. The van der Waals surface area contributed by atoms with Crippen LogP contribution in [0.25, 0.3) is 0 Å². The fourth-order valence-corrected chi connectivity index (χ4v) is 1.73. The number of benzene rings is 1. The van der Waals surface area contributed by atoms with E-state index >= 15 is 0 Å². The first-order valence-corrected chi connectivity index (χ1v) is 5.80. The number of nitrogens with two attached hydrogens (primary N) is 1. The van der Waals surface area contributed by atoms with E-state index in [9.17, 15) is 14.9 Å². The van der Waals surface area contributed by atoms with Crippen LogP contribution in [-0.2, 0) is 0 Å². The zero-order chi connectivity index (χ0) is 13.7. The topological polar surface area (TPSA) is 98.3 Å². The van der Waals surface area contributed by atoms with Gasteiger partial charge < -0.3 is 11.1 Å². The van der Waals surface area contributed by atoms with E-state index in [2.05, 4.69) is 5.32 Å². The summed E-state index contributed by atoms with van der Waals surface area (Å²) >= 11 is 0. The summed E-state index contributed by atoms with van der Waals surface area (Å²) in [5, 5.41) is 13.9. The summed E-state index contributed by atoms with van der Waals surface area (Å²) in [5.41, 5.74) is 5.70. The van der Waals surface area contributed by atoms with Gasteiger partial charge in [0.25, 0.3) is 5.69 Å². The van der Waals surface area contributed by atoms with Crippen molar-refractivity contribution in [3.05, 3.63) is 33.9 Å². The first kappa shape index (κ1) is 14.0. The highest BCUT2D eigenvalue weighted by atomic mass is 16.6. The van der Waals surface area contributed by atoms with Crippen molar-refractivity contribution in [2.75, 3.05) is 5.32 Å². The standard InChI is InChI=1S/C12H17N3O3/c1-3-4-8(2)14-10-7-9(12(13)16)5-6-11(10)15(17)18/h5-8,14H,3-4H2,1-2H3,(H2,13,16). The minimum Gasteiger partial charge on any atom is -0.377 e. The van der Waals surface area contributed by atoms with Crippen LogP contribution in [0.1, 0.15) is 37.0 Å². The third-order valence-corrected chi connectivity index (χ3v) is 2.60. The molecule has 1 unspecified atom stereocenters. The molecule has 1 aromatic carbocycles. The summed E-state index contributed by atoms with van der Waals surface area (Å²) in [6.07, 6.45) is 1.86. The quantitative estimate of drug-likeness (QED) is 0.598. The molecule has 1 amide bonds. The van der Waals surface area contributed by atoms with Crippen LogP contribution in [0, 0.1) is 10.1 Å². The molecule has 0 saturated carbocycles. The second kappa shape index (κ2) is 6.00. The van der Waals surface area contributed by atoms with Crippen molar-refractivity contribution >= 4 is 17.3 Å².